The fourth-order valence-corrected chi connectivity index (χ4v) is 3.97. The molecule has 1 fully saturated rings. The lowest BCUT2D eigenvalue weighted by atomic mass is 10.2. The van der Waals surface area contributed by atoms with Crippen LogP contribution in [0.15, 0.2) is 60.3 Å². The zero-order valence-electron chi connectivity index (χ0n) is 19.1. The Kier molecular flexibility index (Phi) is 5.87. The predicted molar refractivity (Wildman–Crippen MR) is 128 cm³/mol. The summed E-state index contributed by atoms with van der Waals surface area (Å²) in [6, 6.07) is 16.7. The predicted octanol–water partition coefficient (Wildman–Crippen LogP) is 4.24. The summed E-state index contributed by atoms with van der Waals surface area (Å²) in [5, 5.41) is 5.30. The standard InChI is InChI=1S/C26H26N4O3/c1-16-9-11-21(12-10-16)27-24(31)15-29-25(32)22(28-26(29)33)14-20-13-18(3)30(19(20)4)23-8-6-5-7-17(23)2/h5-14H,15H2,1-4H3,(H,27,31)(H,28,33)/b22-14-. The van der Waals surface area contributed by atoms with E-state index in [2.05, 4.69) is 15.2 Å². The van der Waals surface area contributed by atoms with Gasteiger partial charge in [-0.2, -0.15) is 0 Å². The highest BCUT2D eigenvalue weighted by atomic mass is 16.2. The second-order valence-electron chi connectivity index (χ2n) is 8.24. The number of carbonyl (C=O) groups is 3. The maximum absolute atomic E-state index is 12.9. The molecule has 0 bridgehead atoms. The van der Waals surface area contributed by atoms with Crippen molar-refractivity contribution < 1.29 is 14.4 Å². The molecule has 4 amide bonds. The van der Waals surface area contributed by atoms with Crippen LogP contribution in [0.5, 0.6) is 0 Å². The average molecular weight is 443 g/mol. The van der Waals surface area contributed by atoms with Crippen molar-refractivity contribution in [2.75, 3.05) is 11.9 Å². The molecule has 1 aliphatic heterocycles. The first-order valence-electron chi connectivity index (χ1n) is 10.7. The van der Waals surface area contributed by atoms with E-state index in [-0.39, 0.29) is 12.2 Å². The van der Waals surface area contributed by atoms with Crippen LogP contribution in [0.2, 0.25) is 0 Å². The summed E-state index contributed by atoms with van der Waals surface area (Å²) in [7, 11) is 0. The largest absolute Gasteiger partial charge is 0.329 e. The number of aryl methyl sites for hydroxylation is 3. The summed E-state index contributed by atoms with van der Waals surface area (Å²) in [5.74, 6) is -0.971. The number of para-hydroxylation sites is 1. The van der Waals surface area contributed by atoms with Crippen molar-refractivity contribution in [3.05, 3.63) is 88.4 Å². The molecular formula is C26H26N4O3. The Bertz CT molecular complexity index is 1290. The summed E-state index contributed by atoms with van der Waals surface area (Å²) in [5.41, 5.74) is 6.81. The number of hydrogen-bond acceptors (Lipinski definition) is 3. The molecule has 1 aliphatic rings. The van der Waals surface area contributed by atoms with Crippen LogP contribution in [-0.4, -0.2) is 33.9 Å². The third-order valence-electron chi connectivity index (χ3n) is 5.73. The molecule has 1 aromatic heterocycles. The molecule has 7 heteroatoms. The van der Waals surface area contributed by atoms with Gasteiger partial charge in [0.2, 0.25) is 5.91 Å². The SMILES string of the molecule is Cc1ccc(NC(=O)CN2C(=O)N/C(=C\c3cc(C)n(-c4ccccc4C)c3C)C2=O)cc1. The van der Waals surface area contributed by atoms with E-state index < -0.39 is 17.8 Å². The minimum absolute atomic E-state index is 0.146. The molecule has 33 heavy (non-hydrogen) atoms. The lowest BCUT2D eigenvalue weighted by Gasteiger charge is -2.12. The quantitative estimate of drug-likeness (QED) is 0.458. The van der Waals surface area contributed by atoms with Crippen molar-refractivity contribution in [2.24, 2.45) is 0 Å². The van der Waals surface area contributed by atoms with Gasteiger partial charge >= 0.3 is 6.03 Å². The zero-order valence-corrected chi connectivity index (χ0v) is 19.1. The number of benzene rings is 2. The molecule has 4 rings (SSSR count). The topological polar surface area (TPSA) is 83.4 Å². The first-order valence-corrected chi connectivity index (χ1v) is 10.7. The summed E-state index contributed by atoms with van der Waals surface area (Å²) in [6.45, 7) is 7.61. The molecule has 2 aromatic carbocycles. The number of hydrogen-bond donors (Lipinski definition) is 2. The van der Waals surface area contributed by atoms with Crippen LogP contribution < -0.4 is 10.6 Å². The van der Waals surface area contributed by atoms with E-state index >= 15 is 0 Å². The number of urea groups is 1. The van der Waals surface area contributed by atoms with Gasteiger partial charge in [0.25, 0.3) is 5.91 Å². The number of nitrogens with one attached hydrogen (secondary N) is 2. The highest BCUT2D eigenvalue weighted by Crippen LogP contribution is 2.25. The number of aromatic nitrogens is 1. The third kappa shape index (κ3) is 4.43. The highest BCUT2D eigenvalue weighted by molar-refractivity contribution is 6.16. The van der Waals surface area contributed by atoms with E-state index in [9.17, 15) is 14.4 Å². The molecule has 7 nitrogen and oxygen atoms in total. The molecule has 0 aliphatic carbocycles. The number of rotatable bonds is 5. The highest BCUT2D eigenvalue weighted by Gasteiger charge is 2.35. The van der Waals surface area contributed by atoms with Gasteiger partial charge in [-0.05, 0) is 69.2 Å². The summed E-state index contributed by atoms with van der Waals surface area (Å²) < 4.78 is 2.12. The van der Waals surface area contributed by atoms with Gasteiger partial charge in [-0.25, -0.2) is 9.69 Å². The molecule has 1 saturated heterocycles. The number of amides is 4. The molecule has 2 N–H and O–H groups in total. The molecule has 3 aromatic rings. The van der Waals surface area contributed by atoms with E-state index in [1.54, 1.807) is 18.2 Å². The fourth-order valence-electron chi connectivity index (χ4n) is 3.97. The Morgan fingerprint density at radius 3 is 2.39 bits per heavy atom. The second-order valence-corrected chi connectivity index (χ2v) is 8.24. The second kappa shape index (κ2) is 8.78. The van der Waals surface area contributed by atoms with Crippen LogP contribution in [0.1, 0.15) is 28.1 Å². The number of anilines is 1. The minimum Gasteiger partial charge on any atom is -0.325 e. The maximum atomic E-state index is 12.9. The van der Waals surface area contributed by atoms with Gasteiger partial charge in [0, 0.05) is 22.8 Å². The first-order chi connectivity index (χ1) is 15.7. The minimum atomic E-state index is -0.613. The third-order valence-corrected chi connectivity index (χ3v) is 5.73. The number of nitrogens with zero attached hydrogens (tertiary/aromatic N) is 2. The maximum Gasteiger partial charge on any atom is 0.329 e. The number of carbonyl (C=O) groups excluding carboxylic acids is 3. The fraction of sp³-hybridized carbons (Fsp3) is 0.192. The first kappa shape index (κ1) is 22.1. The summed E-state index contributed by atoms with van der Waals surface area (Å²) in [6.07, 6.45) is 1.66. The van der Waals surface area contributed by atoms with E-state index in [0.717, 1.165) is 38.7 Å². The van der Waals surface area contributed by atoms with Crippen LogP contribution in [0.4, 0.5) is 10.5 Å². The van der Waals surface area contributed by atoms with Crippen molar-refractivity contribution in [1.29, 1.82) is 0 Å². The van der Waals surface area contributed by atoms with E-state index in [1.165, 1.54) is 0 Å². The van der Waals surface area contributed by atoms with E-state index in [0.29, 0.717) is 5.69 Å². The smallest absolute Gasteiger partial charge is 0.325 e. The van der Waals surface area contributed by atoms with Crippen molar-refractivity contribution in [3.8, 4) is 5.69 Å². The van der Waals surface area contributed by atoms with Crippen LogP contribution in [0, 0.1) is 27.7 Å². The van der Waals surface area contributed by atoms with Gasteiger partial charge in [-0.3, -0.25) is 9.59 Å². The van der Waals surface area contributed by atoms with Crippen LogP contribution in [0.25, 0.3) is 11.8 Å². The van der Waals surface area contributed by atoms with Gasteiger partial charge < -0.3 is 15.2 Å². The zero-order chi connectivity index (χ0) is 23.7. The Labute approximate surface area is 192 Å². The summed E-state index contributed by atoms with van der Waals surface area (Å²) in [4.78, 5) is 38.6. The normalized spacial score (nSPS) is 14.7. The van der Waals surface area contributed by atoms with Gasteiger partial charge in [-0.15, -0.1) is 0 Å². The molecule has 0 saturated carbocycles. The molecule has 0 unspecified atom stereocenters. The van der Waals surface area contributed by atoms with Gasteiger partial charge in [0.05, 0.1) is 0 Å². The molecule has 168 valence electrons. The van der Waals surface area contributed by atoms with Gasteiger partial charge in [0.1, 0.15) is 12.2 Å². The molecule has 0 atom stereocenters. The molecule has 0 spiro atoms. The van der Waals surface area contributed by atoms with Crippen molar-refractivity contribution in [3.63, 3.8) is 0 Å². The van der Waals surface area contributed by atoms with Crippen LogP contribution in [-0.2, 0) is 9.59 Å². The Balaban J connectivity index is 1.53. The van der Waals surface area contributed by atoms with Gasteiger partial charge in [-0.1, -0.05) is 35.9 Å². The molecule has 0 radical (unpaired) electrons. The van der Waals surface area contributed by atoms with E-state index in [4.69, 9.17) is 0 Å². The van der Waals surface area contributed by atoms with Crippen molar-refractivity contribution >= 4 is 29.6 Å². The lowest BCUT2D eigenvalue weighted by molar-refractivity contribution is -0.127. The Morgan fingerprint density at radius 2 is 1.70 bits per heavy atom. The van der Waals surface area contributed by atoms with E-state index in [1.807, 2.05) is 70.2 Å². The van der Waals surface area contributed by atoms with Crippen molar-refractivity contribution in [2.45, 2.75) is 27.7 Å². The van der Waals surface area contributed by atoms with Crippen LogP contribution >= 0.6 is 0 Å². The van der Waals surface area contributed by atoms with Crippen molar-refractivity contribution in [1.82, 2.24) is 14.8 Å². The monoisotopic (exact) mass is 442 g/mol. The Hall–Kier alpha value is -4.13. The molecular weight excluding hydrogens is 416 g/mol. The average Bonchev–Trinajstić information content (AvgIpc) is 3.19. The Morgan fingerprint density at radius 1 is 1.00 bits per heavy atom. The molecule has 2 heterocycles. The lowest BCUT2D eigenvalue weighted by Crippen LogP contribution is -2.38. The summed E-state index contributed by atoms with van der Waals surface area (Å²) >= 11 is 0. The van der Waals surface area contributed by atoms with Gasteiger partial charge in [0.15, 0.2) is 0 Å². The number of imide groups is 1. The van der Waals surface area contributed by atoms with Crippen LogP contribution in [0.3, 0.4) is 0 Å².